The molecule has 2 aliphatic rings. The molecule has 1 fully saturated rings. The number of ether oxygens (including phenoxy) is 1. The quantitative estimate of drug-likeness (QED) is 0.668. The molecule has 2 atom stereocenters. The lowest BCUT2D eigenvalue weighted by atomic mass is 10.1. The molecule has 2 aromatic carbocycles. The first-order valence-corrected chi connectivity index (χ1v) is 13.7. The zero-order valence-corrected chi connectivity index (χ0v) is 20.9. The second kappa shape index (κ2) is 9.38. The molecule has 9 heteroatoms. The number of sulfone groups is 1. The topological polar surface area (TPSA) is 88.1 Å². The molecule has 2 aromatic rings. The van der Waals surface area contributed by atoms with E-state index in [0.717, 1.165) is 33.8 Å². The highest BCUT2D eigenvalue weighted by atomic mass is 32.2. The number of rotatable bonds is 6. The van der Waals surface area contributed by atoms with E-state index in [1.165, 1.54) is 11.8 Å². The van der Waals surface area contributed by atoms with Crippen LogP contribution in [0, 0.1) is 20.8 Å². The van der Waals surface area contributed by atoms with Gasteiger partial charge in [-0.05, 0) is 63.1 Å². The van der Waals surface area contributed by atoms with Gasteiger partial charge in [0, 0.05) is 16.6 Å². The Kier molecular flexibility index (Phi) is 6.72. The number of nitrogens with one attached hydrogen (secondary N) is 1. The van der Waals surface area contributed by atoms with Crippen LogP contribution in [-0.4, -0.2) is 55.4 Å². The second-order valence-corrected chi connectivity index (χ2v) is 11.9. The molecule has 4 rings (SSSR count). The number of aryl methyl sites for hydroxylation is 3. The second-order valence-electron chi connectivity index (χ2n) is 8.55. The van der Waals surface area contributed by atoms with E-state index >= 15 is 0 Å². The van der Waals surface area contributed by atoms with Crippen LogP contribution in [0.25, 0.3) is 0 Å². The molecular weight excluding hydrogens is 458 g/mol. The van der Waals surface area contributed by atoms with Gasteiger partial charge in [0.15, 0.2) is 15.0 Å². The summed E-state index contributed by atoms with van der Waals surface area (Å²) in [7, 11) is -3.05. The van der Waals surface area contributed by atoms with Crippen molar-refractivity contribution in [2.45, 2.75) is 39.0 Å². The highest BCUT2D eigenvalue weighted by molar-refractivity contribution is 8.15. The number of anilines is 2. The first-order chi connectivity index (χ1) is 15.6. The molecule has 0 spiro atoms. The Hall–Kier alpha value is -2.52. The largest absolute Gasteiger partial charge is 0.494 e. The molecule has 176 valence electrons. The summed E-state index contributed by atoms with van der Waals surface area (Å²) in [5, 5.41) is 3.64. The first kappa shape index (κ1) is 23.6. The van der Waals surface area contributed by atoms with E-state index in [2.05, 4.69) is 5.32 Å². The average molecular weight is 488 g/mol. The van der Waals surface area contributed by atoms with Crippen LogP contribution in [-0.2, 0) is 14.6 Å². The molecular formula is C24H29N3O4S2. The number of benzene rings is 2. The molecule has 0 radical (unpaired) electrons. The van der Waals surface area contributed by atoms with E-state index in [-0.39, 0.29) is 35.2 Å². The molecule has 1 saturated heterocycles. The predicted molar refractivity (Wildman–Crippen MR) is 135 cm³/mol. The Labute approximate surface area is 199 Å². The summed E-state index contributed by atoms with van der Waals surface area (Å²) in [6.07, 6.45) is 0. The Morgan fingerprint density at radius 2 is 1.82 bits per heavy atom. The maximum atomic E-state index is 13.1. The lowest BCUT2D eigenvalue weighted by molar-refractivity contribution is -0.114. The number of thioether (sulfide) groups is 1. The molecule has 33 heavy (non-hydrogen) atoms. The van der Waals surface area contributed by atoms with E-state index < -0.39 is 9.84 Å². The smallest absolute Gasteiger partial charge is 0.244 e. The minimum absolute atomic E-state index is 0.0682. The van der Waals surface area contributed by atoms with E-state index in [4.69, 9.17) is 9.73 Å². The van der Waals surface area contributed by atoms with Gasteiger partial charge in [0.25, 0.3) is 0 Å². The maximum Gasteiger partial charge on any atom is 0.244 e. The zero-order valence-electron chi connectivity index (χ0n) is 19.3. The van der Waals surface area contributed by atoms with Gasteiger partial charge in [0.05, 0.1) is 24.2 Å². The van der Waals surface area contributed by atoms with Crippen LogP contribution in [0.4, 0.5) is 11.4 Å². The Balaban J connectivity index is 1.59. The van der Waals surface area contributed by atoms with Crippen molar-refractivity contribution in [3.63, 3.8) is 0 Å². The fourth-order valence-corrected chi connectivity index (χ4v) is 8.11. The molecule has 2 heterocycles. The van der Waals surface area contributed by atoms with Crippen LogP contribution in [0.15, 0.2) is 41.4 Å². The van der Waals surface area contributed by atoms with Gasteiger partial charge in [0.2, 0.25) is 5.91 Å². The van der Waals surface area contributed by atoms with Crippen LogP contribution in [0.1, 0.15) is 23.6 Å². The molecule has 2 aliphatic heterocycles. The number of aliphatic imine (C=N–C) groups is 1. The van der Waals surface area contributed by atoms with Crippen LogP contribution in [0.2, 0.25) is 0 Å². The van der Waals surface area contributed by atoms with Gasteiger partial charge < -0.3 is 15.0 Å². The van der Waals surface area contributed by atoms with Gasteiger partial charge in [-0.2, -0.15) is 0 Å². The third-order valence-corrected chi connectivity index (χ3v) is 8.99. The molecule has 1 amide bonds. The van der Waals surface area contributed by atoms with E-state index in [1.807, 2.05) is 69.0 Å². The summed E-state index contributed by atoms with van der Waals surface area (Å²) < 4.78 is 29.5. The zero-order chi connectivity index (χ0) is 23.8. The summed E-state index contributed by atoms with van der Waals surface area (Å²) in [4.78, 5) is 19.7. The van der Waals surface area contributed by atoms with Crippen molar-refractivity contribution in [1.82, 2.24) is 0 Å². The van der Waals surface area contributed by atoms with Crippen molar-refractivity contribution in [2.24, 2.45) is 4.99 Å². The standard InChI is InChI=1S/C24H29N3O4S2/c1-5-31-19-8-6-18(7-9-19)27(24-25-20-13-33(29,30)14-21(20)32-24)12-22(28)26-23-16(3)10-15(2)11-17(23)4/h6-11,20-21H,5,12-14H2,1-4H3,(H,26,28)/t20-,21-/m0/s1. The van der Waals surface area contributed by atoms with Crippen molar-refractivity contribution >= 4 is 44.0 Å². The van der Waals surface area contributed by atoms with Crippen LogP contribution in [0.3, 0.4) is 0 Å². The summed E-state index contributed by atoms with van der Waals surface area (Å²) in [5.41, 5.74) is 4.81. The van der Waals surface area contributed by atoms with Gasteiger partial charge in [0.1, 0.15) is 12.3 Å². The summed E-state index contributed by atoms with van der Waals surface area (Å²) in [6, 6.07) is 11.4. The van der Waals surface area contributed by atoms with Crippen molar-refractivity contribution in [2.75, 3.05) is 34.9 Å². The number of hydrogen-bond acceptors (Lipinski definition) is 7. The number of carbonyl (C=O) groups is 1. The van der Waals surface area contributed by atoms with Crippen LogP contribution >= 0.6 is 11.8 Å². The number of hydrogen-bond donors (Lipinski definition) is 1. The molecule has 0 aliphatic carbocycles. The lowest BCUT2D eigenvalue weighted by Gasteiger charge is -2.25. The number of amidine groups is 1. The van der Waals surface area contributed by atoms with Crippen LogP contribution in [0.5, 0.6) is 5.75 Å². The molecule has 0 unspecified atom stereocenters. The highest BCUT2D eigenvalue weighted by Crippen LogP contribution is 2.37. The van der Waals surface area contributed by atoms with Crippen molar-refractivity contribution in [1.29, 1.82) is 0 Å². The van der Waals surface area contributed by atoms with Crippen molar-refractivity contribution in [3.05, 3.63) is 53.1 Å². The molecule has 1 N–H and O–H groups in total. The molecule has 0 saturated carbocycles. The van der Waals surface area contributed by atoms with Crippen molar-refractivity contribution in [3.8, 4) is 5.75 Å². The van der Waals surface area contributed by atoms with E-state index in [0.29, 0.717) is 11.8 Å². The Morgan fingerprint density at radius 3 is 2.42 bits per heavy atom. The molecule has 0 aromatic heterocycles. The Bertz CT molecular complexity index is 1170. The summed E-state index contributed by atoms with van der Waals surface area (Å²) in [5.74, 6) is 0.784. The third kappa shape index (κ3) is 5.35. The van der Waals surface area contributed by atoms with Crippen molar-refractivity contribution < 1.29 is 17.9 Å². The van der Waals surface area contributed by atoms with Gasteiger partial charge >= 0.3 is 0 Å². The lowest BCUT2D eigenvalue weighted by Crippen LogP contribution is -2.37. The fraction of sp³-hybridized carbons (Fsp3) is 0.417. The first-order valence-electron chi connectivity index (χ1n) is 11.0. The maximum absolute atomic E-state index is 13.1. The molecule has 0 bridgehead atoms. The third-order valence-electron chi connectivity index (χ3n) is 5.74. The minimum atomic E-state index is -3.05. The van der Waals surface area contributed by atoms with Crippen LogP contribution < -0.4 is 15.0 Å². The molecule has 7 nitrogen and oxygen atoms in total. The fourth-order valence-electron chi connectivity index (χ4n) is 4.33. The summed E-state index contributed by atoms with van der Waals surface area (Å²) >= 11 is 1.44. The number of amides is 1. The number of carbonyl (C=O) groups excluding carboxylic acids is 1. The van der Waals surface area contributed by atoms with E-state index in [1.54, 1.807) is 0 Å². The van der Waals surface area contributed by atoms with Gasteiger partial charge in [-0.25, -0.2) is 8.42 Å². The van der Waals surface area contributed by atoms with Gasteiger partial charge in [-0.15, -0.1) is 0 Å². The highest BCUT2D eigenvalue weighted by Gasteiger charge is 2.44. The van der Waals surface area contributed by atoms with E-state index in [9.17, 15) is 13.2 Å². The number of fused-ring (bicyclic) bond motifs is 1. The summed E-state index contributed by atoms with van der Waals surface area (Å²) in [6.45, 7) is 8.57. The number of nitrogens with zero attached hydrogens (tertiary/aromatic N) is 2. The Morgan fingerprint density at radius 1 is 1.15 bits per heavy atom. The van der Waals surface area contributed by atoms with Gasteiger partial charge in [-0.1, -0.05) is 29.5 Å². The SMILES string of the molecule is CCOc1ccc(N(CC(=O)Nc2c(C)cc(C)cc2C)C2=N[C@H]3CS(=O)(=O)C[C@@H]3S2)cc1. The normalized spacial score (nSPS) is 20.8. The minimum Gasteiger partial charge on any atom is -0.494 e. The predicted octanol–water partition coefficient (Wildman–Crippen LogP) is 3.72. The monoisotopic (exact) mass is 487 g/mol. The van der Waals surface area contributed by atoms with Gasteiger partial charge in [-0.3, -0.25) is 9.79 Å². The average Bonchev–Trinajstić information content (AvgIpc) is 3.23.